The molecule has 0 unspecified atom stereocenters. The van der Waals surface area contributed by atoms with E-state index in [1.807, 2.05) is 42.5 Å². The summed E-state index contributed by atoms with van der Waals surface area (Å²) in [7, 11) is -2.81. The minimum atomic E-state index is -2.81. The number of rotatable bonds is 4. The number of hydrogen-bond acceptors (Lipinski definition) is 5. The highest BCUT2D eigenvalue weighted by Crippen LogP contribution is 2.35. The molecular formula is C27H29Cl2N5O3S. The Bertz CT molecular complexity index is 1550. The third-order valence-corrected chi connectivity index (χ3v) is 9.40. The molecule has 2 aromatic carbocycles. The van der Waals surface area contributed by atoms with Crippen LogP contribution in [0.5, 0.6) is 0 Å². The lowest BCUT2D eigenvalue weighted by molar-refractivity contribution is 0.0574. The fourth-order valence-electron chi connectivity index (χ4n) is 5.28. The summed E-state index contributed by atoms with van der Waals surface area (Å²) in [6, 6.07) is 11.5. The zero-order valence-electron chi connectivity index (χ0n) is 21.6. The van der Waals surface area contributed by atoms with Gasteiger partial charge in [-0.05, 0) is 56.7 Å². The summed E-state index contributed by atoms with van der Waals surface area (Å²) in [6.45, 7) is 6.73. The summed E-state index contributed by atoms with van der Waals surface area (Å²) in [5.74, 6) is -0.310. The van der Waals surface area contributed by atoms with Crippen molar-refractivity contribution in [2.75, 3.05) is 12.8 Å². The van der Waals surface area contributed by atoms with Crippen LogP contribution in [0.4, 0.5) is 0 Å². The number of fused-ring (bicyclic) bond motifs is 3. The van der Waals surface area contributed by atoms with Crippen molar-refractivity contribution in [3.8, 4) is 0 Å². The summed E-state index contributed by atoms with van der Waals surface area (Å²) >= 11 is 12.2. The number of nitrogens with zero attached hydrogens (tertiary/aromatic N) is 4. The Labute approximate surface area is 232 Å². The van der Waals surface area contributed by atoms with Crippen LogP contribution >= 0.6 is 23.2 Å². The molecule has 8 nitrogen and oxygen atoms in total. The van der Waals surface area contributed by atoms with Gasteiger partial charge in [0, 0.05) is 41.3 Å². The van der Waals surface area contributed by atoms with E-state index < -0.39 is 9.73 Å². The van der Waals surface area contributed by atoms with Gasteiger partial charge in [-0.1, -0.05) is 35.3 Å². The van der Waals surface area contributed by atoms with Crippen molar-refractivity contribution < 1.29 is 13.8 Å². The van der Waals surface area contributed by atoms with Crippen molar-refractivity contribution >= 4 is 44.7 Å². The van der Waals surface area contributed by atoms with Gasteiger partial charge in [0.1, 0.15) is 5.69 Å². The zero-order chi connectivity index (χ0) is 27.5. The van der Waals surface area contributed by atoms with Crippen LogP contribution < -0.4 is 0 Å². The molecule has 0 radical (unpaired) electrons. The Morgan fingerprint density at radius 1 is 1.11 bits per heavy atom. The van der Waals surface area contributed by atoms with Gasteiger partial charge in [-0.3, -0.25) is 14.3 Å². The van der Waals surface area contributed by atoms with Crippen LogP contribution in [-0.4, -0.2) is 54.4 Å². The van der Waals surface area contributed by atoms with E-state index in [2.05, 4.69) is 0 Å². The first kappa shape index (κ1) is 26.7. The summed E-state index contributed by atoms with van der Waals surface area (Å²) < 4.78 is 21.7. The lowest BCUT2D eigenvalue weighted by Crippen LogP contribution is -2.45. The smallest absolute Gasteiger partial charge is 0.273 e. The quantitative estimate of drug-likeness (QED) is 0.439. The van der Waals surface area contributed by atoms with E-state index in [0.717, 1.165) is 16.8 Å². The number of nitrogens with one attached hydrogen (secondary N) is 1. The van der Waals surface area contributed by atoms with Gasteiger partial charge in [0.2, 0.25) is 0 Å². The van der Waals surface area contributed by atoms with E-state index in [1.54, 1.807) is 35.2 Å². The fraction of sp³-hybridized carbons (Fsp3) is 0.370. The van der Waals surface area contributed by atoms with Gasteiger partial charge in [-0.2, -0.15) is 5.10 Å². The highest BCUT2D eigenvalue weighted by molar-refractivity contribution is 7.91. The van der Waals surface area contributed by atoms with E-state index >= 15 is 0 Å². The molecule has 0 saturated heterocycles. The molecule has 0 aliphatic carbocycles. The zero-order valence-corrected chi connectivity index (χ0v) is 23.9. The van der Waals surface area contributed by atoms with Crippen LogP contribution in [-0.2, 0) is 22.7 Å². The van der Waals surface area contributed by atoms with E-state index in [1.165, 1.54) is 6.26 Å². The molecule has 0 fully saturated rings. The standard InChI is InChI=1S/C27H29Cl2N5O3S/c1-15-11-24-21(14-32(15)26(35)19-7-10-22(28)23(29)12-19)25-27(36)33(13-16(2)34(25)31-24)17(3)18-5-8-20(9-6-18)38(4,30)37/h5-10,12,15-17,30H,11,13-14H2,1-4H3/t15-,16-,17-,38+/m1/s1. The number of halogens is 2. The van der Waals surface area contributed by atoms with Gasteiger partial charge in [0.25, 0.3) is 11.8 Å². The lowest BCUT2D eigenvalue weighted by Gasteiger charge is -2.37. The maximum Gasteiger partial charge on any atom is 0.273 e. The summed E-state index contributed by atoms with van der Waals surface area (Å²) in [6.07, 6.45) is 1.94. The molecule has 3 heterocycles. The molecule has 1 N–H and O–H groups in total. The molecule has 2 aliphatic heterocycles. The van der Waals surface area contributed by atoms with Gasteiger partial charge in [-0.25, -0.2) is 8.99 Å². The monoisotopic (exact) mass is 573 g/mol. The normalized spacial score (nSPS) is 21.5. The van der Waals surface area contributed by atoms with Crippen molar-refractivity contribution in [1.29, 1.82) is 4.78 Å². The molecule has 1 aromatic heterocycles. The van der Waals surface area contributed by atoms with Crippen molar-refractivity contribution in [2.45, 2.75) is 56.8 Å². The van der Waals surface area contributed by atoms with Crippen LogP contribution in [0.25, 0.3) is 0 Å². The van der Waals surface area contributed by atoms with Crippen LogP contribution in [0.1, 0.15) is 70.5 Å². The molecule has 200 valence electrons. The first-order valence-corrected chi connectivity index (χ1v) is 15.1. The predicted octanol–water partition coefficient (Wildman–Crippen LogP) is 5.59. The summed E-state index contributed by atoms with van der Waals surface area (Å²) in [5.41, 5.74) is 3.48. The first-order chi connectivity index (χ1) is 17.9. The molecule has 4 atom stereocenters. The highest BCUT2D eigenvalue weighted by Gasteiger charge is 2.40. The van der Waals surface area contributed by atoms with Crippen molar-refractivity contribution in [3.05, 3.63) is 80.6 Å². The topological polar surface area (TPSA) is 99.4 Å². The number of carbonyl (C=O) groups excluding carboxylic acids is 2. The lowest BCUT2D eigenvalue weighted by atomic mass is 9.96. The van der Waals surface area contributed by atoms with Crippen LogP contribution in [0.2, 0.25) is 10.0 Å². The molecule has 2 amide bonds. The maximum absolute atomic E-state index is 13.9. The molecule has 38 heavy (non-hydrogen) atoms. The molecule has 11 heteroatoms. The Kier molecular flexibility index (Phi) is 6.82. The second kappa shape index (κ2) is 9.70. The summed E-state index contributed by atoms with van der Waals surface area (Å²) in [4.78, 5) is 31.4. The molecule has 0 bridgehead atoms. The second-order valence-corrected chi connectivity index (χ2v) is 13.2. The first-order valence-electron chi connectivity index (χ1n) is 12.4. The molecule has 0 saturated carbocycles. The van der Waals surface area contributed by atoms with Gasteiger partial charge < -0.3 is 9.80 Å². The number of carbonyl (C=O) groups is 2. The molecule has 0 spiro atoms. The molecular weight excluding hydrogens is 545 g/mol. The molecule has 5 rings (SSSR count). The number of aromatic nitrogens is 2. The maximum atomic E-state index is 13.9. The summed E-state index contributed by atoms with van der Waals surface area (Å²) in [5, 5.41) is 5.51. The van der Waals surface area contributed by atoms with E-state index in [9.17, 15) is 13.8 Å². The fourth-order valence-corrected chi connectivity index (χ4v) is 6.23. The van der Waals surface area contributed by atoms with Gasteiger partial charge >= 0.3 is 0 Å². The van der Waals surface area contributed by atoms with Crippen molar-refractivity contribution in [1.82, 2.24) is 19.6 Å². The van der Waals surface area contributed by atoms with Gasteiger partial charge in [0.15, 0.2) is 0 Å². The average molecular weight is 575 g/mol. The van der Waals surface area contributed by atoms with E-state index in [0.29, 0.717) is 39.2 Å². The third-order valence-electron chi connectivity index (χ3n) is 7.49. The van der Waals surface area contributed by atoms with E-state index in [4.69, 9.17) is 33.1 Å². The van der Waals surface area contributed by atoms with E-state index in [-0.39, 0.29) is 36.5 Å². The third kappa shape index (κ3) is 4.61. The Morgan fingerprint density at radius 3 is 2.42 bits per heavy atom. The van der Waals surface area contributed by atoms with Crippen LogP contribution in [0, 0.1) is 4.78 Å². The Balaban J connectivity index is 1.46. The van der Waals surface area contributed by atoms with Crippen molar-refractivity contribution in [2.24, 2.45) is 0 Å². The number of benzene rings is 2. The highest BCUT2D eigenvalue weighted by atomic mass is 35.5. The Morgan fingerprint density at radius 2 is 1.79 bits per heavy atom. The number of amides is 2. The number of hydrogen-bond donors (Lipinski definition) is 1. The average Bonchev–Trinajstić information content (AvgIpc) is 3.25. The minimum absolute atomic E-state index is 0.0489. The SMILES string of the molecule is C[C@@H]1Cc2nn3c(c2CN1C(=O)c1ccc(Cl)c(Cl)c1)C(=O)N([C@H](C)c1ccc([S@@](C)(=N)=O)cc1)C[C@H]3C. The molecule has 3 aromatic rings. The van der Waals surface area contributed by atoms with Gasteiger partial charge in [-0.15, -0.1) is 0 Å². The largest absolute Gasteiger partial charge is 0.331 e. The van der Waals surface area contributed by atoms with Crippen molar-refractivity contribution in [3.63, 3.8) is 0 Å². The van der Waals surface area contributed by atoms with Crippen LogP contribution in [0.3, 0.4) is 0 Å². The minimum Gasteiger partial charge on any atom is -0.331 e. The Hall–Kier alpha value is -2.88. The van der Waals surface area contributed by atoms with Crippen LogP contribution in [0.15, 0.2) is 47.4 Å². The van der Waals surface area contributed by atoms with Gasteiger partial charge in [0.05, 0.1) is 44.1 Å². The molecule has 2 aliphatic rings. The second-order valence-electron chi connectivity index (χ2n) is 10.2. The predicted molar refractivity (Wildman–Crippen MR) is 147 cm³/mol.